The molecule has 0 unspecified atom stereocenters. The molecule has 23 heavy (non-hydrogen) atoms. The van der Waals surface area contributed by atoms with Crippen LogP contribution < -0.4 is 15.2 Å². The fourth-order valence-corrected chi connectivity index (χ4v) is 2.03. The summed E-state index contributed by atoms with van der Waals surface area (Å²) in [5, 5.41) is 0. The second-order valence-corrected chi connectivity index (χ2v) is 4.69. The lowest BCUT2D eigenvalue weighted by atomic mass is 10.0. The zero-order valence-corrected chi connectivity index (χ0v) is 13.2. The molecular formula is C16H17ClF3NO2. The minimum Gasteiger partial charge on any atom is -0.492 e. The number of nitrogens with two attached hydrogens (primary N) is 1. The first kappa shape index (κ1) is 19.1. The molecule has 0 aliphatic heterocycles. The molecule has 0 atom stereocenters. The Hall–Kier alpha value is -1.92. The molecule has 0 saturated carbocycles. The predicted octanol–water partition coefficient (Wildman–Crippen LogP) is 4.32. The van der Waals surface area contributed by atoms with Crippen molar-refractivity contribution >= 4 is 12.4 Å². The standard InChI is InChI=1S/C16H16F3NO2.ClH/c1-11-9-13(5-6-15(11)21-8-7-20)12-3-2-4-14(10-12)22-16(17,18)19;/h2-6,9-10H,7-8,20H2,1H3;1H. The number of aryl methyl sites for hydroxylation is 1. The van der Waals surface area contributed by atoms with Crippen molar-refractivity contribution in [3.8, 4) is 22.6 Å². The normalized spacial score (nSPS) is 10.8. The Morgan fingerprint density at radius 3 is 2.35 bits per heavy atom. The van der Waals surface area contributed by atoms with Crippen molar-refractivity contribution in [1.29, 1.82) is 0 Å². The minimum absolute atomic E-state index is 0. The highest BCUT2D eigenvalue weighted by Gasteiger charge is 2.31. The van der Waals surface area contributed by atoms with Gasteiger partial charge in [-0.2, -0.15) is 0 Å². The molecule has 0 radical (unpaired) electrons. The molecule has 0 spiro atoms. The van der Waals surface area contributed by atoms with Crippen molar-refractivity contribution in [1.82, 2.24) is 0 Å². The molecule has 0 saturated heterocycles. The number of rotatable bonds is 5. The minimum atomic E-state index is -4.70. The maximum absolute atomic E-state index is 12.3. The Morgan fingerprint density at radius 1 is 1.04 bits per heavy atom. The van der Waals surface area contributed by atoms with Gasteiger partial charge in [-0.1, -0.05) is 18.2 Å². The summed E-state index contributed by atoms with van der Waals surface area (Å²) in [5.74, 6) is 0.461. The summed E-state index contributed by atoms with van der Waals surface area (Å²) in [6.45, 7) is 2.69. The van der Waals surface area contributed by atoms with E-state index in [9.17, 15) is 13.2 Å². The Morgan fingerprint density at radius 2 is 1.74 bits per heavy atom. The number of hydrogen-bond acceptors (Lipinski definition) is 3. The third-order valence-corrected chi connectivity index (χ3v) is 2.95. The van der Waals surface area contributed by atoms with Crippen molar-refractivity contribution in [3.63, 3.8) is 0 Å². The largest absolute Gasteiger partial charge is 0.573 e. The van der Waals surface area contributed by atoms with Crippen LogP contribution in [0.25, 0.3) is 11.1 Å². The first-order valence-corrected chi connectivity index (χ1v) is 6.69. The van der Waals surface area contributed by atoms with Crippen molar-refractivity contribution < 1.29 is 22.6 Å². The van der Waals surface area contributed by atoms with Crippen LogP contribution in [0.15, 0.2) is 42.5 Å². The molecule has 0 bridgehead atoms. The van der Waals surface area contributed by atoms with Gasteiger partial charge in [-0.25, -0.2) is 0 Å². The zero-order valence-electron chi connectivity index (χ0n) is 12.4. The van der Waals surface area contributed by atoms with Gasteiger partial charge < -0.3 is 15.2 Å². The van der Waals surface area contributed by atoms with Crippen LogP contribution in [0, 0.1) is 6.92 Å². The highest BCUT2D eigenvalue weighted by Crippen LogP contribution is 2.30. The Balaban J connectivity index is 0.00000264. The van der Waals surface area contributed by atoms with Gasteiger partial charge in [0.25, 0.3) is 0 Å². The SMILES string of the molecule is Cc1cc(-c2cccc(OC(F)(F)F)c2)ccc1OCCN.Cl. The van der Waals surface area contributed by atoms with Gasteiger partial charge in [0.05, 0.1) is 0 Å². The smallest absolute Gasteiger partial charge is 0.492 e. The molecule has 126 valence electrons. The van der Waals surface area contributed by atoms with Crippen LogP contribution in [0.4, 0.5) is 13.2 Å². The third kappa shape index (κ3) is 5.65. The van der Waals surface area contributed by atoms with Crippen LogP contribution in [0.5, 0.6) is 11.5 Å². The van der Waals surface area contributed by atoms with E-state index >= 15 is 0 Å². The van der Waals surface area contributed by atoms with E-state index in [-0.39, 0.29) is 18.2 Å². The highest BCUT2D eigenvalue weighted by atomic mass is 35.5. The van der Waals surface area contributed by atoms with Gasteiger partial charge in [0, 0.05) is 6.54 Å². The van der Waals surface area contributed by atoms with Gasteiger partial charge in [-0.3, -0.25) is 0 Å². The molecule has 2 N–H and O–H groups in total. The van der Waals surface area contributed by atoms with Crippen LogP contribution in [-0.2, 0) is 0 Å². The van der Waals surface area contributed by atoms with E-state index in [4.69, 9.17) is 10.5 Å². The Labute approximate surface area is 138 Å². The topological polar surface area (TPSA) is 44.5 Å². The molecule has 0 amide bonds. The summed E-state index contributed by atoms with van der Waals surface area (Å²) >= 11 is 0. The Kier molecular flexibility index (Phi) is 6.72. The summed E-state index contributed by atoms with van der Waals surface area (Å²) in [6.07, 6.45) is -4.70. The summed E-state index contributed by atoms with van der Waals surface area (Å²) in [4.78, 5) is 0. The fraction of sp³-hybridized carbons (Fsp3) is 0.250. The molecule has 7 heteroatoms. The van der Waals surface area contributed by atoms with Gasteiger partial charge in [-0.05, 0) is 47.9 Å². The van der Waals surface area contributed by atoms with Crippen LogP contribution >= 0.6 is 12.4 Å². The van der Waals surface area contributed by atoms with Crippen LogP contribution in [0.1, 0.15) is 5.56 Å². The third-order valence-electron chi connectivity index (χ3n) is 2.95. The molecular weight excluding hydrogens is 331 g/mol. The monoisotopic (exact) mass is 347 g/mol. The average Bonchev–Trinajstić information content (AvgIpc) is 2.44. The van der Waals surface area contributed by atoms with E-state index in [1.165, 1.54) is 18.2 Å². The number of hydrogen-bond donors (Lipinski definition) is 1. The van der Waals surface area contributed by atoms with E-state index in [1.54, 1.807) is 18.2 Å². The predicted molar refractivity (Wildman–Crippen MR) is 85.1 cm³/mol. The second kappa shape index (κ2) is 8.08. The van der Waals surface area contributed by atoms with Crippen molar-refractivity contribution in [3.05, 3.63) is 48.0 Å². The molecule has 2 aromatic carbocycles. The van der Waals surface area contributed by atoms with E-state index < -0.39 is 6.36 Å². The molecule has 0 fully saturated rings. The van der Waals surface area contributed by atoms with Crippen LogP contribution in [-0.4, -0.2) is 19.5 Å². The molecule has 2 rings (SSSR count). The first-order valence-electron chi connectivity index (χ1n) is 6.69. The summed E-state index contributed by atoms with van der Waals surface area (Å²) in [7, 11) is 0. The molecule has 2 aromatic rings. The lowest BCUT2D eigenvalue weighted by molar-refractivity contribution is -0.274. The molecule has 0 aliphatic rings. The lowest BCUT2D eigenvalue weighted by Gasteiger charge is -2.12. The van der Waals surface area contributed by atoms with Crippen molar-refractivity contribution in [2.45, 2.75) is 13.3 Å². The van der Waals surface area contributed by atoms with Gasteiger partial charge in [0.2, 0.25) is 0 Å². The zero-order chi connectivity index (χ0) is 16.2. The lowest BCUT2D eigenvalue weighted by Crippen LogP contribution is -2.17. The van der Waals surface area contributed by atoms with E-state index in [1.807, 2.05) is 13.0 Å². The van der Waals surface area contributed by atoms with Crippen LogP contribution in [0.3, 0.4) is 0 Å². The fourth-order valence-electron chi connectivity index (χ4n) is 2.03. The van der Waals surface area contributed by atoms with Gasteiger partial charge in [0.1, 0.15) is 18.1 Å². The maximum Gasteiger partial charge on any atom is 0.573 e. The average molecular weight is 348 g/mol. The molecule has 0 heterocycles. The number of benzene rings is 2. The van der Waals surface area contributed by atoms with E-state index in [0.717, 1.165) is 11.1 Å². The number of ether oxygens (including phenoxy) is 2. The molecule has 0 aliphatic carbocycles. The van der Waals surface area contributed by atoms with Crippen molar-refractivity contribution in [2.24, 2.45) is 5.73 Å². The molecule has 0 aromatic heterocycles. The van der Waals surface area contributed by atoms with Gasteiger partial charge in [0.15, 0.2) is 0 Å². The maximum atomic E-state index is 12.3. The quantitative estimate of drug-likeness (QED) is 0.876. The first-order chi connectivity index (χ1) is 10.4. The summed E-state index contributed by atoms with van der Waals surface area (Å²) in [5.41, 5.74) is 7.68. The second-order valence-electron chi connectivity index (χ2n) is 4.69. The van der Waals surface area contributed by atoms with E-state index in [0.29, 0.717) is 24.5 Å². The Bertz CT molecular complexity index is 647. The van der Waals surface area contributed by atoms with E-state index in [2.05, 4.69) is 4.74 Å². The summed E-state index contributed by atoms with van der Waals surface area (Å²) in [6, 6.07) is 11.3. The number of alkyl halides is 3. The summed E-state index contributed by atoms with van der Waals surface area (Å²) < 4.78 is 46.2. The van der Waals surface area contributed by atoms with Gasteiger partial charge in [-0.15, -0.1) is 25.6 Å². The highest BCUT2D eigenvalue weighted by molar-refractivity contribution is 5.85. The van der Waals surface area contributed by atoms with Crippen LogP contribution in [0.2, 0.25) is 0 Å². The number of halogens is 4. The van der Waals surface area contributed by atoms with Crippen molar-refractivity contribution in [2.75, 3.05) is 13.2 Å². The van der Waals surface area contributed by atoms with Gasteiger partial charge >= 0.3 is 6.36 Å². The molecule has 3 nitrogen and oxygen atoms in total.